The molecule has 2 amide bonds. The van der Waals surface area contributed by atoms with Gasteiger partial charge in [0.25, 0.3) is 0 Å². The number of carbonyl (C=O) groups excluding carboxylic acids is 2. The third-order valence-electron chi connectivity index (χ3n) is 5.19. The van der Waals surface area contributed by atoms with Crippen LogP contribution in [0.3, 0.4) is 0 Å². The van der Waals surface area contributed by atoms with Gasteiger partial charge < -0.3 is 15.0 Å². The molecule has 0 saturated carbocycles. The second kappa shape index (κ2) is 11.1. The quantitative estimate of drug-likeness (QED) is 0.559. The van der Waals surface area contributed by atoms with Gasteiger partial charge in [0.1, 0.15) is 0 Å². The summed E-state index contributed by atoms with van der Waals surface area (Å²) in [5, 5.41) is 2.86. The fourth-order valence-electron chi connectivity index (χ4n) is 3.39. The summed E-state index contributed by atoms with van der Waals surface area (Å²) in [7, 11) is -3.60. The summed E-state index contributed by atoms with van der Waals surface area (Å²) in [5.74, 6) is -0.165. The average molecular weight is 454 g/mol. The van der Waals surface area contributed by atoms with E-state index in [9.17, 15) is 18.0 Å². The van der Waals surface area contributed by atoms with Crippen molar-refractivity contribution in [1.82, 2.24) is 9.62 Å². The highest BCUT2D eigenvalue weighted by atomic mass is 32.2. The standard InChI is InChI=1S/C22H35N3O5S/c1-5-30-16-6-13-23-31(28,29)19-9-7-18(8-10-19)24-20(26)17-11-14-25(15-12-17)21(27)22(2,3)4/h7-10,17,23H,5-6,11-16H2,1-4H3,(H,24,26). The number of piperidine rings is 1. The maximum atomic E-state index is 12.6. The molecule has 0 spiro atoms. The van der Waals surface area contributed by atoms with E-state index in [1.807, 2.05) is 32.6 Å². The van der Waals surface area contributed by atoms with E-state index in [4.69, 9.17) is 4.74 Å². The Labute approximate surface area is 185 Å². The molecular formula is C22H35N3O5S. The minimum atomic E-state index is -3.60. The Hall–Kier alpha value is -1.97. The molecule has 1 saturated heterocycles. The molecule has 2 rings (SSSR count). The Morgan fingerprint density at radius 1 is 1.13 bits per heavy atom. The smallest absolute Gasteiger partial charge is 0.240 e. The lowest BCUT2D eigenvalue weighted by Gasteiger charge is -2.35. The van der Waals surface area contributed by atoms with Crippen LogP contribution < -0.4 is 10.0 Å². The van der Waals surface area contributed by atoms with Crippen molar-refractivity contribution < 1.29 is 22.7 Å². The lowest BCUT2D eigenvalue weighted by molar-refractivity contribution is -0.142. The number of sulfonamides is 1. The summed E-state index contributed by atoms with van der Waals surface area (Å²) >= 11 is 0. The highest BCUT2D eigenvalue weighted by Gasteiger charge is 2.32. The fraction of sp³-hybridized carbons (Fsp3) is 0.636. The summed E-state index contributed by atoms with van der Waals surface area (Å²) < 4.78 is 32.4. The van der Waals surface area contributed by atoms with Crippen molar-refractivity contribution >= 4 is 27.5 Å². The van der Waals surface area contributed by atoms with Gasteiger partial charge in [0.05, 0.1) is 4.90 Å². The van der Waals surface area contributed by atoms with Gasteiger partial charge in [-0.15, -0.1) is 0 Å². The molecule has 1 aromatic rings. The highest BCUT2D eigenvalue weighted by Crippen LogP contribution is 2.24. The predicted octanol–water partition coefficient (Wildman–Crippen LogP) is 2.61. The number of likely N-dealkylation sites (tertiary alicyclic amines) is 1. The summed E-state index contributed by atoms with van der Waals surface area (Å²) in [6, 6.07) is 6.13. The van der Waals surface area contributed by atoms with Gasteiger partial charge in [0, 0.05) is 49.9 Å². The van der Waals surface area contributed by atoms with Gasteiger partial charge in [-0.3, -0.25) is 9.59 Å². The predicted molar refractivity (Wildman–Crippen MR) is 120 cm³/mol. The molecule has 0 radical (unpaired) electrons. The Kier molecular flexibility index (Phi) is 9.02. The number of nitrogens with one attached hydrogen (secondary N) is 2. The lowest BCUT2D eigenvalue weighted by atomic mass is 9.90. The molecule has 2 N–H and O–H groups in total. The molecule has 9 heteroatoms. The van der Waals surface area contributed by atoms with E-state index in [0.717, 1.165) is 0 Å². The molecule has 0 aromatic heterocycles. The molecule has 0 atom stereocenters. The van der Waals surface area contributed by atoms with Crippen LogP contribution in [-0.4, -0.2) is 58.0 Å². The van der Waals surface area contributed by atoms with Gasteiger partial charge in [-0.25, -0.2) is 13.1 Å². The van der Waals surface area contributed by atoms with Crippen LogP contribution >= 0.6 is 0 Å². The number of hydrogen-bond donors (Lipinski definition) is 2. The van der Waals surface area contributed by atoms with Gasteiger partial charge in [-0.05, 0) is 50.5 Å². The maximum Gasteiger partial charge on any atom is 0.240 e. The lowest BCUT2D eigenvalue weighted by Crippen LogP contribution is -2.45. The number of benzene rings is 1. The number of ether oxygens (including phenoxy) is 1. The maximum absolute atomic E-state index is 12.6. The molecule has 174 valence electrons. The first-order chi connectivity index (χ1) is 14.5. The van der Waals surface area contributed by atoms with Gasteiger partial charge in [0.15, 0.2) is 0 Å². The van der Waals surface area contributed by atoms with Crippen molar-refractivity contribution in [1.29, 1.82) is 0 Å². The first-order valence-corrected chi connectivity index (χ1v) is 12.3. The van der Waals surface area contributed by atoms with Crippen molar-refractivity contribution in [2.45, 2.75) is 51.9 Å². The zero-order chi connectivity index (χ0) is 23.1. The van der Waals surface area contributed by atoms with Gasteiger partial charge >= 0.3 is 0 Å². The highest BCUT2D eigenvalue weighted by molar-refractivity contribution is 7.89. The Balaban J connectivity index is 1.85. The van der Waals surface area contributed by atoms with Crippen LogP contribution in [0.1, 0.15) is 47.0 Å². The van der Waals surface area contributed by atoms with Crippen LogP contribution in [0.4, 0.5) is 5.69 Å². The summed E-state index contributed by atoms with van der Waals surface area (Å²) in [6.45, 7) is 10.1. The number of rotatable bonds is 9. The number of amides is 2. The molecule has 31 heavy (non-hydrogen) atoms. The largest absolute Gasteiger partial charge is 0.382 e. The molecule has 0 bridgehead atoms. The SMILES string of the molecule is CCOCCCNS(=O)(=O)c1ccc(NC(=O)C2CCN(C(=O)C(C)(C)C)CC2)cc1. The van der Waals surface area contributed by atoms with Crippen LogP contribution in [0.15, 0.2) is 29.2 Å². The van der Waals surface area contributed by atoms with Crippen molar-refractivity contribution in [3.8, 4) is 0 Å². The van der Waals surface area contributed by atoms with E-state index in [0.29, 0.717) is 57.8 Å². The molecule has 1 fully saturated rings. The van der Waals surface area contributed by atoms with Crippen molar-refractivity contribution in [3.63, 3.8) is 0 Å². The topological polar surface area (TPSA) is 105 Å². The second-order valence-electron chi connectivity index (χ2n) is 8.78. The second-order valence-corrected chi connectivity index (χ2v) is 10.5. The molecule has 0 aliphatic carbocycles. The molecule has 1 aliphatic heterocycles. The van der Waals surface area contributed by atoms with Gasteiger partial charge in [-0.1, -0.05) is 20.8 Å². The van der Waals surface area contributed by atoms with E-state index in [2.05, 4.69) is 10.0 Å². The fourth-order valence-corrected chi connectivity index (χ4v) is 4.46. The summed E-state index contributed by atoms with van der Waals surface area (Å²) in [4.78, 5) is 26.9. The van der Waals surface area contributed by atoms with E-state index < -0.39 is 15.4 Å². The Bertz CT molecular complexity index is 839. The monoisotopic (exact) mass is 453 g/mol. The van der Waals surface area contributed by atoms with Crippen LogP contribution in [0.25, 0.3) is 0 Å². The van der Waals surface area contributed by atoms with Crippen LogP contribution in [0, 0.1) is 11.3 Å². The van der Waals surface area contributed by atoms with E-state index in [-0.39, 0.29) is 22.6 Å². The van der Waals surface area contributed by atoms with E-state index >= 15 is 0 Å². The first kappa shape index (κ1) is 25.3. The molecule has 1 heterocycles. The summed E-state index contributed by atoms with van der Waals surface area (Å²) in [5.41, 5.74) is 0.128. The third-order valence-corrected chi connectivity index (χ3v) is 6.67. The summed E-state index contributed by atoms with van der Waals surface area (Å²) in [6.07, 6.45) is 1.83. The average Bonchev–Trinajstić information content (AvgIpc) is 2.73. The molecular weight excluding hydrogens is 418 g/mol. The van der Waals surface area contributed by atoms with E-state index in [1.165, 1.54) is 12.1 Å². The third kappa shape index (κ3) is 7.59. The molecule has 1 aliphatic rings. The van der Waals surface area contributed by atoms with Crippen molar-refractivity contribution in [3.05, 3.63) is 24.3 Å². The van der Waals surface area contributed by atoms with Crippen LogP contribution in [0.5, 0.6) is 0 Å². The van der Waals surface area contributed by atoms with Gasteiger partial charge in [0.2, 0.25) is 21.8 Å². The molecule has 8 nitrogen and oxygen atoms in total. The minimum Gasteiger partial charge on any atom is -0.382 e. The normalized spacial score (nSPS) is 15.7. The van der Waals surface area contributed by atoms with E-state index in [1.54, 1.807) is 12.1 Å². The Morgan fingerprint density at radius 3 is 2.29 bits per heavy atom. The van der Waals surface area contributed by atoms with Crippen molar-refractivity contribution in [2.75, 3.05) is 38.2 Å². The first-order valence-electron chi connectivity index (χ1n) is 10.8. The molecule has 1 aromatic carbocycles. The van der Waals surface area contributed by atoms with Gasteiger partial charge in [-0.2, -0.15) is 0 Å². The minimum absolute atomic E-state index is 0.104. The number of hydrogen-bond acceptors (Lipinski definition) is 5. The van der Waals surface area contributed by atoms with Crippen molar-refractivity contribution in [2.24, 2.45) is 11.3 Å². The Morgan fingerprint density at radius 2 is 1.74 bits per heavy atom. The zero-order valence-corrected chi connectivity index (χ0v) is 19.8. The van der Waals surface area contributed by atoms with Crippen LogP contribution in [0.2, 0.25) is 0 Å². The molecule has 0 unspecified atom stereocenters. The number of anilines is 1. The number of nitrogens with zero attached hydrogens (tertiary/aromatic N) is 1. The zero-order valence-electron chi connectivity index (χ0n) is 18.9. The van der Waals surface area contributed by atoms with Crippen LogP contribution in [-0.2, 0) is 24.3 Å². The number of carbonyl (C=O) groups is 2.